The highest BCUT2D eigenvalue weighted by Crippen LogP contribution is 2.27. The minimum Gasteiger partial charge on any atom is -0.481 e. The first-order valence-electron chi connectivity index (χ1n) is 6.47. The molecule has 2 unspecified atom stereocenters. The molecule has 5 heteroatoms. The van der Waals surface area contributed by atoms with E-state index in [1.165, 1.54) is 0 Å². The van der Waals surface area contributed by atoms with Gasteiger partial charge in [0.05, 0.1) is 0 Å². The zero-order valence-corrected chi connectivity index (χ0v) is 11.4. The topological polar surface area (TPSA) is 75.6 Å². The number of carbonyl (C=O) groups is 2. The molecule has 104 valence electrons. The second-order valence-electron chi connectivity index (χ2n) is 5.97. The number of amides is 1. The van der Waals surface area contributed by atoms with Gasteiger partial charge in [-0.3, -0.25) is 4.79 Å². The summed E-state index contributed by atoms with van der Waals surface area (Å²) < 4.78 is 5.19. The molecule has 0 aliphatic heterocycles. The van der Waals surface area contributed by atoms with Crippen LogP contribution >= 0.6 is 0 Å². The Morgan fingerprint density at radius 1 is 1.33 bits per heavy atom. The lowest BCUT2D eigenvalue weighted by atomic mass is 9.84. The molecular weight excluding hydrogens is 234 g/mol. The smallest absolute Gasteiger partial charge is 0.407 e. The Morgan fingerprint density at radius 2 is 2.00 bits per heavy atom. The number of alkyl carbamates (subject to hydrolysis) is 1. The first-order chi connectivity index (χ1) is 8.26. The summed E-state index contributed by atoms with van der Waals surface area (Å²) in [6.45, 7) is 5.46. The van der Waals surface area contributed by atoms with Gasteiger partial charge >= 0.3 is 12.1 Å². The van der Waals surface area contributed by atoms with E-state index in [0.717, 1.165) is 25.7 Å². The van der Waals surface area contributed by atoms with Gasteiger partial charge in [0, 0.05) is 12.5 Å². The minimum absolute atomic E-state index is 0.0398. The largest absolute Gasteiger partial charge is 0.481 e. The number of hydrogen-bond acceptors (Lipinski definition) is 3. The van der Waals surface area contributed by atoms with E-state index < -0.39 is 17.7 Å². The van der Waals surface area contributed by atoms with Crippen molar-refractivity contribution in [3.63, 3.8) is 0 Å². The number of aliphatic carboxylic acids is 1. The van der Waals surface area contributed by atoms with Crippen LogP contribution in [0.1, 0.15) is 52.9 Å². The van der Waals surface area contributed by atoms with Crippen molar-refractivity contribution >= 4 is 12.1 Å². The molecular formula is C13H23NO4. The van der Waals surface area contributed by atoms with Crippen LogP contribution < -0.4 is 5.32 Å². The van der Waals surface area contributed by atoms with Crippen molar-refractivity contribution in [3.8, 4) is 0 Å². The van der Waals surface area contributed by atoms with E-state index in [9.17, 15) is 9.59 Å². The molecule has 1 saturated carbocycles. The predicted molar refractivity (Wildman–Crippen MR) is 67.4 cm³/mol. The number of hydrogen-bond donors (Lipinski definition) is 2. The first-order valence-corrected chi connectivity index (χ1v) is 6.47. The molecule has 2 N–H and O–H groups in total. The summed E-state index contributed by atoms with van der Waals surface area (Å²) in [4.78, 5) is 22.3. The molecule has 2 atom stereocenters. The van der Waals surface area contributed by atoms with Crippen LogP contribution in [0.4, 0.5) is 4.79 Å². The van der Waals surface area contributed by atoms with Gasteiger partial charge < -0.3 is 15.2 Å². The summed E-state index contributed by atoms with van der Waals surface area (Å²) in [5.41, 5.74) is -0.501. The van der Waals surface area contributed by atoms with Gasteiger partial charge in [0.15, 0.2) is 0 Å². The number of ether oxygens (including phenoxy) is 1. The van der Waals surface area contributed by atoms with Crippen LogP contribution in [0, 0.1) is 5.92 Å². The van der Waals surface area contributed by atoms with Crippen molar-refractivity contribution in [1.82, 2.24) is 5.32 Å². The molecule has 0 bridgehead atoms. The molecule has 0 heterocycles. The molecule has 1 amide bonds. The molecule has 18 heavy (non-hydrogen) atoms. The predicted octanol–water partition coefficient (Wildman–Crippen LogP) is 2.54. The lowest BCUT2D eigenvalue weighted by Gasteiger charge is -2.30. The molecule has 0 radical (unpaired) electrons. The van der Waals surface area contributed by atoms with Gasteiger partial charge in [0.1, 0.15) is 5.60 Å². The first kappa shape index (κ1) is 14.8. The highest BCUT2D eigenvalue weighted by atomic mass is 16.6. The summed E-state index contributed by atoms with van der Waals surface area (Å²) >= 11 is 0. The lowest BCUT2D eigenvalue weighted by molar-refractivity contribution is -0.138. The quantitative estimate of drug-likeness (QED) is 0.814. The number of carboxylic acids is 1. The van der Waals surface area contributed by atoms with E-state index in [1.54, 1.807) is 0 Å². The van der Waals surface area contributed by atoms with Crippen LogP contribution in [0.5, 0.6) is 0 Å². The van der Waals surface area contributed by atoms with Crippen LogP contribution in [-0.4, -0.2) is 28.8 Å². The van der Waals surface area contributed by atoms with Gasteiger partial charge in [0.2, 0.25) is 0 Å². The standard InChI is InChI=1S/C13H23NO4/c1-13(2,3)18-12(17)14-10-6-4-5-9(7-10)8-11(15)16/h9-10H,4-8H2,1-3H3,(H,14,17)(H,15,16). The molecule has 0 saturated heterocycles. The van der Waals surface area contributed by atoms with Crippen LogP contribution in [-0.2, 0) is 9.53 Å². The average molecular weight is 257 g/mol. The van der Waals surface area contributed by atoms with E-state index in [2.05, 4.69) is 5.32 Å². The van der Waals surface area contributed by atoms with Crippen LogP contribution in [0.25, 0.3) is 0 Å². The van der Waals surface area contributed by atoms with Gasteiger partial charge in [-0.1, -0.05) is 6.42 Å². The number of rotatable bonds is 3. The summed E-state index contributed by atoms with van der Waals surface area (Å²) in [7, 11) is 0. The Hall–Kier alpha value is -1.26. The highest BCUT2D eigenvalue weighted by Gasteiger charge is 2.26. The van der Waals surface area contributed by atoms with Crippen LogP contribution in [0.3, 0.4) is 0 Å². The maximum Gasteiger partial charge on any atom is 0.407 e. The Morgan fingerprint density at radius 3 is 2.56 bits per heavy atom. The van der Waals surface area contributed by atoms with Gasteiger partial charge in [-0.2, -0.15) is 0 Å². The Bertz CT molecular complexity index is 309. The fourth-order valence-electron chi connectivity index (χ4n) is 2.33. The Labute approximate surface area is 108 Å². The fraction of sp³-hybridized carbons (Fsp3) is 0.846. The summed E-state index contributed by atoms with van der Waals surface area (Å²) in [6, 6.07) is 0.0398. The van der Waals surface area contributed by atoms with E-state index >= 15 is 0 Å². The second kappa shape index (κ2) is 6.07. The molecule has 5 nitrogen and oxygen atoms in total. The van der Waals surface area contributed by atoms with E-state index in [0.29, 0.717) is 0 Å². The Balaban J connectivity index is 2.38. The molecule has 1 fully saturated rings. The fourth-order valence-corrected chi connectivity index (χ4v) is 2.33. The normalized spacial score (nSPS) is 24.4. The van der Waals surface area contributed by atoms with Gasteiger partial charge in [-0.25, -0.2) is 4.79 Å². The molecule has 0 aromatic rings. The van der Waals surface area contributed by atoms with E-state index in [1.807, 2.05) is 20.8 Å². The van der Waals surface area contributed by atoms with Gasteiger partial charge in [-0.15, -0.1) is 0 Å². The average Bonchev–Trinajstić information content (AvgIpc) is 2.13. The third kappa shape index (κ3) is 5.89. The maximum absolute atomic E-state index is 11.6. The third-order valence-electron chi connectivity index (χ3n) is 2.97. The van der Waals surface area contributed by atoms with Gasteiger partial charge in [-0.05, 0) is 46.0 Å². The number of nitrogens with one attached hydrogen (secondary N) is 1. The summed E-state index contributed by atoms with van der Waals surface area (Å²) in [5, 5.41) is 11.6. The van der Waals surface area contributed by atoms with Crippen molar-refractivity contribution in [2.24, 2.45) is 5.92 Å². The van der Waals surface area contributed by atoms with E-state index in [-0.39, 0.29) is 18.4 Å². The lowest BCUT2D eigenvalue weighted by Crippen LogP contribution is -2.41. The minimum atomic E-state index is -0.766. The van der Waals surface area contributed by atoms with Crippen molar-refractivity contribution in [1.29, 1.82) is 0 Å². The molecule has 0 aromatic carbocycles. The molecule has 1 rings (SSSR count). The maximum atomic E-state index is 11.6. The van der Waals surface area contributed by atoms with Crippen LogP contribution in [0.15, 0.2) is 0 Å². The highest BCUT2D eigenvalue weighted by molar-refractivity contribution is 5.68. The zero-order valence-electron chi connectivity index (χ0n) is 11.4. The molecule has 0 aromatic heterocycles. The SMILES string of the molecule is CC(C)(C)OC(=O)NC1CCCC(CC(=O)O)C1. The van der Waals surface area contributed by atoms with Crippen molar-refractivity contribution in [3.05, 3.63) is 0 Å². The van der Waals surface area contributed by atoms with Gasteiger partial charge in [0.25, 0.3) is 0 Å². The summed E-state index contributed by atoms with van der Waals surface area (Å²) in [6.07, 6.45) is 3.29. The van der Waals surface area contributed by atoms with Crippen molar-refractivity contribution < 1.29 is 19.4 Å². The Kier molecular flexibility index (Phi) is 4.99. The number of carboxylic acid groups (broad SMARTS) is 1. The van der Waals surface area contributed by atoms with Crippen LogP contribution in [0.2, 0.25) is 0 Å². The molecule has 1 aliphatic rings. The molecule has 1 aliphatic carbocycles. The van der Waals surface area contributed by atoms with E-state index in [4.69, 9.17) is 9.84 Å². The number of carbonyl (C=O) groups excluding carboxylic acids is 1. The monoisotopic (exact) mass is 257 g/mol. The van der Waals surface area contributed by atoms with Crippen molar-refractivity contribution in [2.75, 3.05) is 0 Å². The second-order valence-corrected chi connectivity index (χ2v) is 5.97. The van der Waals surface area contributed by atoms with Crippen molar-refractivity contribution in [2.45, 2.75) is 64.5 Å². The zero-order chi connectivity index (χ0) is 13.8. The molecule has 0 spiro atoms. The third-order valence-corrected chi connectivity index (χ3v) is 2.97. The summed E-state index contributed by atoms with van der Waals surface area (Å²) in [5.74, 6) is -0.603.